The van der Waals surface area contributed by atoms with E-state index in [1.165, 1.54) is 19.6 Å². The van der Waals surface area contributed by atoms with E-state index in [0.29, 0.717) is 98.0 Å². The fourth-order valence-electron chi connectivity index (χ4n) is 18.9. The van der Waals surface area contributed by atoms with E-state index < -0.39 is 178 Å². The molecule has 8 aliphatic heterocycles. The highest BCUT2D eigenvalue weighted by Crippen LogP contribution is 2.53. The van der Waals surface area contributed by atoms with Crippen molar-refractivity contribution in [2.24, 2.45) is 47.3 Å². The van der Waals surface area contributed by atoms with Crippen molar-refractivity contribution in [3.8, 4) is 0 Å². The lowest BCUT2D eigenvalue weighted by Crippen LogP contribution is -2.57. The summed E-state index contributed by atoms with van der Waals surface area (Å²) in [4.78, 5) is 253. The van der Waals surface area contributed by atoms with Gasteiger partial charge in [0.2, 0.25) is 0 Å². The zero-order valence-corrected chi connectivity index (χ0v) is 81.8. The highest BCUT2D eigenvalue weighted by molar-refractivity contribution is 6.08. The number of hydrogen-bond donors (Lipinski definition) is 4. The van der Waals surface area contributed by atoms with Crippen LogP contribution in [-0.2, 0) is 142 Å². The molecule has 16 atom stereocenters. The smallest absolute Gasteiger partial charge is 0.411 e. The number of hydrogen-bond acceptors (Lipinski definition) is 32. The Labute approximate surface area is 818 Å². The van der Waals surface area contributed by atoms with Crippen molar-refractivity contribution in [2.45, 2.75) is 289 Å². The van der Waals surface area contributed by atoms with E-state index in [2.05, 4.69) is 21.9 Å². The van der Waals surface area contributed by atoms with Crippen LogP contribution >= 0.6 is 0 Å². The highest BCUT2D eigenvalue weighted by Gasteiger charge is 2.62. The van der Waals surface area contributed by atoms with E-state index in [4.69, 9.17) is 57.6 Å². The van der Waals surface area contributed by atoms with Crippen LogP contribution in [0.3, 0.4) is 0 Å². The first kappa shape index (κ1) is 106. The summed E-state index contributed by atoms with van der Waals surface area (Å²) >= 11 is 0. The number of nitrogens with zero attached hydrogens (tertiary/aromatic N) is 8. The average Bonchev–Trinajstić information content (AvgIpc) is 1.57. The van der Waals surface area contributed by atoms with Crippen LogP contribution in [0.15, 0.2) is 146 Å². The van der Waals surface area contributed by atoms with Crippen molar-refractivity contribution in [3.63, 3.8) is 0 Å². The lowest BCUT2D eigenvalue weighted by atomic mass is 9.81. The molecule has 8 unspecified atom stereocenters. The number of amides is 12. The first-order chi connectivity index (χ1) is 67.0. The minimum atomic E-state index is -1.01. The van der Waals surface area contributed by atoms with Crippen molar-refractivity contribution in [1.82, 2.24) is 61.8 Å². The Balaban J connectivity index is 0.000000158. The van der Waals surface area contributed by atoms with Gasteiger partial charge in [0.25, 0.3) is 47.3 Å². The molecule has 2 bridgehead atoms. The summed E-state index contributed by atoms with van der Waals surface area (Å²) in [5.41, 5.74) is 12.7. The van der Waals surface area contributed by atoms with Crippen LogP contribution < -0.4 is 21.9 Å². The van der Waals surface area contributed by atoms with Crippen molar-refractivity contribution >= 4 is 95.5 Å². The number of carbonyl (C=O) groups is 16. The Morgan fingerprint density at radius 3 is 0.801 bits per heavy atom. The van der Waals surface area contributed by atoms with E-state index in [0.717, 1.165) is 41.5 Å². The highest BCUT2D eigenvalue weighted by atomic mass is 16.7. The van der Waals surface area contributed by atoms with Gasteiger partial charge in [-0.3, -0.25) is 77.3 Å². The maximum Gasteiger partial charge on any atom is 0.411 e. The number of benzene rings is 4. The summed E-state index contributed by atoms with van der Waals surface area (Å²) in [5.74, 6) is -10.2. The summed E-state index contributed by atoms with van der Waals surface area (Å²) in [6.45, 7) is 22.7. The summed E-state index contributed by atoms with van der Waals surface area (Å²) in [6.07, 6.45) is 12.6. The molecular weight excluding hydrogens is 1830 g/mol. The standard InChI is InChI=1S/C27H33N3O7.C26H35N3O7.C26H33N3O7.C22H29N3O7/c1-27(2,3)36-26(34)29-14-19(28-35-15-16-7-5-4-6-8-16)11-12-20(29)25(33)37-30-23(31)21-17-9-10-18(13-17)22(21)24(30)32;2*1-26(2,3)35-25(33)28-15-18(27-34-16-17-9-5-4-6-10-17)13-14-21(28)24(32)36-29-22(30)19-11-7-8-12-20(19)23(29)31;1-22(2,3)31-21(29)24-13-16(23-30-14-15-7-5-4-6-8-15)9-10-17(24)20(28)32-25-18(26)11-12-19(25)27/h4-10,17-22,28H,11-15H2,1-3H3;4-6,9-10,18-21,27H,7-8,11-16H2,1-3H3;4-10,18-21,27H,11-16H2,1-3H3;4-8,16-17,23H,9-14H2,1-3H3/t17?,18?,19-,20+,21?,22?;2*18-,19?,20?,21+;16-,17+/m1111/s1. The Bertz CT molecular complexity index is 5020. The van der Waals surface area contributed by atoms with Gasteiger partial charge in [0.15, 0.2) is 0 Å². The van der Waals surface area contributed by atoms with Crippen LogP contribution in [0.2, 0.25) is 0 Å². The average molecular weight is 1960 g/mol. The second-order valence-electron chi connectivity index (χ2n) is 41.0. The van der Waals surface area contributed by atoms with Gasteiger partial charge in [-0.1, -0.05) is 158 Å². The van der Waals surface area contributed by atoms with Gasteiger partial charge in [0.1, 0.15) is 46.6 Å². The van der Waals surface area contributed by atoms with E-state index in [-0.39, 0.29) is 101 Å². The van der Waals surface area contributed by atoms with Crippen LogP contribution in [0, 0.1) is 47.3 Å². The van der Waals surface area contributed by atoms with Gasteiger partial charge in [-0.05, 0) is 201 Å². The molecule has 12 amide bonds. The molecule has 4 aromatic rings. The molecule has 40 heteroatoms. The van der Waals surface area contributed by atoms with Gasteiger partial charge < -0.3 is 38.3 Å². The number of likely N-dealkylation sites (tertiary alicyclic amines) is 4. The van der Waals surface area contributed by atoms with Crippen LogP contribution in [0.4, 0.5) is 19.2 Å². The third-order valence-corrected chi connectivity index (χ3v) is 25.7. The van der Waals surface area contributed by atoms with Crippen molar-refractivity contribution < 1.29 is 134 Å². The molecule has 0 radical (unpaired) electrons. The molecule has 8 saturated heterocycles. The van der Waals surface area contributed by atoms with Crippen molar-refractivity contribution in [3.05, 3.63) is 168 Å². The van der Waals surface area contributed by atoms with Gasteiger partial charge >= 0.3 is 48.3 Å². The molecule has 4 N–H and O–H groups in total. The number of carbonyl (C=O) groups excluding carboxylic acids is 16. The van der Waals surface area contributed by atoms with Crippen molar-refractivity contribution in [2.75, 3.05) is 26.2 Å². The normalized spacial score (nSPS) is 26.4. The molecule has 10 fully saturated rings. The lowest BCUT2D eigenvalue weighted by molar-refractivity contribution is -0.203. The van der Waals surface area contributed by atoms with E-state index in [1.54, 1.807) is 83.1 Å². The van der Waals surface area contributed by atoms with Gasteiger partial charge in [-0.25, -0.2) is 38.4 Å². The van der Waals surface area contributed by atoms with E-state index >= 15 is 0 Å². The SMILES string of the molecule is CC(C)(C)OC(=O)N1C[C@H](NOCc2ccccc2)CC[C@H]1C(=O)ON1C(=O)C2C3C=CC(C3)C2C1=O.CC(C)(C)OC(=O)N1C[C@H](NOCc2ccccc2)CC[C@H]1C(=O)ON1C(=O)C2CC=CCC2C1=O.CC(C)(C)OC(=O)N1C[C@H](NOCc2ccccc2)CC[C@H]1C(=O)ON1C(=O)C2CCCCC2C1=O.CC(C)(C)OC(=O)N1C[C@H](NOCc2ccccc2)CC[C@H]1C(=O)ON1C(=O)CCC1=O. The largest absolute Gasteiger partial charge is 0.444 e. The quantitative estimate of drug-likeness (QED) is 0.0219. The molecule has 141 heavy (non-hydrogen) atoms. The Kier molecular flexibility index (Phi) is 35.3. The minimum Gasteiger partial charge on any atom is -0.444 e. The number of ether oxygens (including phenoxy) is 4. The summed E-state index contributed by atoms with van der Waals surface area (Å²) in [7, 11) is 0. The number of rotatable bonds is 24. The van der Waals surface area contributed by atoms with Crippen LogP contribution in [0.5, 0.6) is 0 Å². The fraction of sp³-hybridized carbons (Fsp3) is 0.564. The summed E-state index contributed by atoms with van der Waals surface area (Å²) in [6, 6.07) is 33.6. The number of fused-ring (bicyclic) bond motifs is 7. The van der Waals surface area contributed by atoms with E-state index in [1.807, 2.05) is 146 Å². The number of nitrogens with one attached hydrogen (secondary N) is 4. The number of piperidine rings is 4. The third kappa shape index (κ3) is 28.1. The number of imide groups is 4. The second-order valence-corrected chi connectivity index (χ2v) is 41.0. The van der Waals surface area contributed by atoms with Gasteiger partial charge in [-0.15, -0.1) is 20.3 Å². The molecule has 12 aliphatic rings. The Morgan fingerprint density at radius 2 is 0.546 bits per heavy atom. The molecule has 4 aliphatic carbocycles. The van der Waals surface area contributed by atoms with Gasteiger partial charge in [0.05, 0.1) is 86.1 Å². The summed E-state index contributed by atoms with van der Waals surface area (Å²) in [5, 5.41) is 2.34. The molecule has 4 aromatic carbocycles. The topological polar surface area (TPSA) is 458 Å². The molecule has 40 nitrogen and oxygen atoms in total. The predicted octanol–water partition coefficient (Wildman–Crippen LogP) is 10.8. The Morgan fingerprint density at radius 1 is 0.305 bits per heavy atom. The van der Waals surface area contributed by atoms with Crippen LogP contribution in [0.25, 0.3) is 0 Å². The monoisotopic (exact) mass is 1960 g/mol. The molecule has 762 valence electrons. The molecule has 0 spiro atoms. The predicted molar refractivity (Wildman–Crippen MR) is 496 cm³/mol. The fourth-order valence-corrected chi connectivity index (χ4v) is 18.9. The molecule has 8 heterocycles. The number of allylic oxidation sites excluding steroid dienone is 4. The molecular formula is C101H130N12O28. The van der Waals surface area contributed by atoms with E-state index in [9.17, 15) is 76.7 Å². The number of hydroxylamine groups is 12. The minimum absolute atomic E-state index is 0.00267. The van der Waals surface area contributed by atoms with Crippen LogP contribution in [0.1, 0.15) is 214 Å². The maximum atomic E-state index is 13.2. The van der Waals surface area contributed by atoms with Crippen LogP contribution in [-0.4, -0.2) is 232 Å². The zero-order valence-electron chi connectivity index (χ0n) is 81.8. The van der Waals surface area contributed by atoms with Gasteiger partial charge in [-0.2, -0.15) is 21.9 Å². The zero-order chi connectivity index (χ0) is 101. The maximum absolute atomic E-state index is 13.2. The molecule has 2 saturated carbocycles. The third-order valence-electron chi connectivity index (χ3n) is 25.7. The Hall–Kier alpha value is -12.4. The molecule has 0 aromatic heterocycles. The van der Waals surface area contributed by atoms with Crippen molar-refractivity contribution in [1.29, 1.82) is 0 Å². The molecule has 16 rings (SSSR count). The second kappa shape index (κ2) is 47.0. The lowest BCUT2D eigenvalue weighted by Gasteiger charge is -2.38. The van der Waals surface area contributed by atoms with Gasteiger partial charge in [0, 0.05) is 39.0 Å². The first-order valence-electron chi connectivity index (χ1n) is 48.4. The summed E-state index contributed by atoms with van der Waals surface area (Å²) < 4.78 is 22.1. The first-order valence-corrected chi connectivity index (χ1v) is 48.4.